The Morgan fingerprint density at radius 2 is 2.04 bits per heavy atom. The van der Waals surface area contributed by atoms with Crippen LogP contribution in [0.3, 0.4) is 0 Å². The second-order valence-corrected chi connectivity index (χ2v) is 6.83. The van der Waals surface area contributed by atoms with E-state index in [1.54, 1.807) is 11.8 Å². The molecule has 1 atom stereocenters. The Balaban J connectivity index is 1.96. The topological polar surface area (TPSA) is 45.8 Å². The summed E-state index contributed by atoms with van der Waals surface area (Å²) in [5.74, 6) is 2.10. The molecule has 3 rings (SSSR count). The van der Waals surface area contributed by atoms with Crippen LogP contribution >= 0.6 is 12.2 Å². The Bertz CT molecular complexity index is 770. The van der Waals surface area contributed by atoms with Crippen molar-refractivity contribution < 1.29 is 14.3 Å². The molecule has 0 saturated heterocycles. The molecular weight excluding hydrogens is 322 g/mol. The molecule has 2 heterocycles. The molecule has 1 aliphatic heterocycles. The summed E-state index contributed by atoms with van der Waals surface area (Å²) >= 11 is 5.24. The van der Waals surface area contributed by atoms with Gasteiger partial charge < -0.3 is 19.2 Å². The summed E-state index contributed by atoms with van der Waals surface area (Å²) in [7, 11) is 0. The van der Waals surface area contributed by atoms with Gasteiger partial charge in [-0.3, -0.25) is 0 Å². The molecule has 1 aromatic carbocycles. The molecule has 1 unspecified atom stereocenters. The summed E-state index contributed by atoms with van der Waals surface area (Å²) in [6.45, 7) is 8.49. The predicted octanol–water partition coefficient (Wildman–Crippen LogP) is 4.41. The van der Waals surface area contributed by atoms with Crippen molar-refractivity contribution in [3.05, 3.63) is 46.4 Å². The normalized spacial score (nSPS) is 19.5. The Morgan fingerprint density at radius 1 is 1.29 bits per heavy atom. The van der Waals surface area contributed by atoms with Crippen molar-refractivity contribution in [3.8, 4) is 11.5 Å². The van der Waals surface area contributed by atoms with Crippen molar-refractivity contribution in [2.45, 2.75) is 52.8 Å². The third kappa shape index (κ3) is 2.67. The van der Waals surface area contributed by atoms with Gasteiger partial charge >= 0.3 is 0 Å². The molecular formula is C19H23NO3S. The smallest absolute Gasteiger partial charge is 0.181 e. The van der Waals surface area contributed by atoms with Crippen LogP contribution in [0.2, 0.25) is 0 Å². The van der Waals surface area contributed by atoms with Gasteiger partial charge in [-0.2, -0.15) is 0 Å². The van der Waals surface area contributed by atoms with E-state index in [0.29, 0.717) is 12.3 Å². The number of rotatable bonds is 4. The molecule has 0 radical (unpaired) electrons. The van der Waals surface area contributed by atoms with Crippen molar-refractivity contribution in [3.63, 3.8) is 0 Å². The van der Waals surface area contributed by atoms with Gasteiger partial charge in [0.05, 0.1) is 18.3 Å². The summed E-state index contributed by atoms with van der Waals surface area (Å²) in [5, 5.41) is 10.3. The van der Waals surface area contributed by atoms with Crippen LogP contribution in [0, 0.1) is 20.8 Å². The van der Waals surface area contributed by atoms with Crippen LogP contribution in [0.25, 0.3) is 0 Å². The van der Waals surface area contributed by atoms with E-state index in [1.165, 1.54) is 0 Å². The minimum absolute atomic E-state index is 0.376. The first-order chi connectivity index (χ1) is 11.4. The van der Waals surface area contributed by atoms with Crippen molar-refractivity contribution in [1.82, 2.24) is 4.90 Å². The molecule has 0 saturated carbocycles. The summed E-state index contributed by atoms with van der Waals surface area (Å²) in [6, 6.07) is 3.81. The highest BCUT2D eigenvalue weighted by Gasteiger charge is 2.38. The van der Waals surface area contributed by atoms with Crippen LogP contribution in [0.1, 0.15) is 41.4 Å². The number of thiocarbonyl (C=S) groups is 1. The highest BCUT2D eigenvalue weighted by molar-refractivity contribution is 7.78. The van der Waals surface area contributed by atoms with E-state index in [2.05, 4.69) is 6.92 Å². The molecule has 1 aliphatic rings. The van der Waals surface area contributed by atoms with Crippen LogP contribution in [0.5, 0.6) is 11.5 Å². The monoisotopic (exact) mass is 345 g/mol. The average molecular weight is 345 g/mol. The first-order valence-corrected chi connectivity index (χ1v) is 8.59. The van der Waals surface area contributed by atoms with Gasteiger partial charge in [0, 0.05) is 12.0 Å². The number of hydrogen-bond donors (Lipinski definition) is 1. The highest BCUT2D eigenvalue weighted by atomic mass is 32.1. The molecule has 1 N–H and O–H groups in total. The van der Waals surface area contributed by atoms with Gasteiger partial charge in [-0.1, -0.05) is 12.2 Å². The van der Waals surface area contributed by atoms with Crippen molar-refractivity contribution >= 4 is 17.7 Å². The van der Waals surface area contributed by atoms with Crippen molar-refractivity contribution in [2.75, 3.05) is 0 Å². The lowest BCUT2D eigenvalue weighted by Crippen LogP contribution is -2.51. The largest absolute Gasteiger partial charge is 0.507 e. The number of aromatic hydroxyl groups is 1. The summed E-state index contributed by atoms with van der Waals surface area (Å²) < 4.78 is 11.9. The zero-order chi connectivity index (χ0) is 17.5. The standard InChI is InChI=1S/C19H23NO3S/c1-12-13(2)18-16(14(3)17(12)21)7-8-19(4,23-18)20(11-24)10-15-6-5-9-22-15/h5-6,9,11,21H,7-8,10H2,1-4H3. The van der Waals surface area contributed by atoms with Crippen molar-refractivity contribution in [2.24, 2.45) is 0 Å². The Labute approximate surface area is 148 Å². The van der Waals surface area contributed by atoms with E-state index in [9.17, 15) is 5.11 Å². The van der Waals surface area contributed by atoms with Gasteiger partial charge in [0.1, 0.15) is 17.3 Å². The fourth-order valence-electron chi connectivity index (χ4n) is 3.32. The van der Waals surface area contributed by atoms with Gasteiger partial charge in [-0.05, 0) is 62.9 Å². The van der Waals surface area contributed by atoms with E-state index in [-0.39, 0.29) is 0 Å². The van der Waals surface area contributed by atoms with Gasteiger partial charge in [-0.15, -0.1) is 0 Å². The first-order valence-electron chi connectivity index (χ1n) is 8.12. The lowest BCUT2D eigenvalue weighted by molar-refractivity contribution is -0.0479. The van der Waals surface area contributed by atoms with Gasteiger partial charge in [0.25, 0.3) is 0 Å². The molecule has 0 aliphatic carbocycles. The number of nitrogens with zero attached hydrogens (tertiary/aromatic N) is 1. The van der Waals surface area contributed by atoms with E-state index >= 15 is 0 Å². The van der Waals surface area contributed by atoms with Crippen molar-refractivity contribution in [1.29, 1.82) is 0 Å². The number of phenols is 1. The Kier molecular flexibility index (Phi) is 4.30. The summed E-state index contributed by atoms with van der Waals surface area (Å²) in [4.78, 5) is 2.00. The zero-order valence-corrected chi connectivity index (χ0v) is 15.4. The number of fused-ring (bicyclic) bond motifs is 1. The molecule has 0 amide bonds. The fraction of sp³-hybridized carbons (Fsp3) is 0.421. The Hall–Kier alpha value is -2.01. The van der Waals surface area contributed by atoms with Crippen LogP contribution < -0.4 is 4.74 Å². The minimum Gasteiger partial charge on any atom is -0.507 e. The maximum absolute atomic E-state index is 10.3. The molecule has 0 bridgehead atoms. The molecule has 1 aromatic heterocycles. The second-order valence-electron chi connectivity index (χ2n) is 6.62. The van der Waals surface area contributed by atoms with Crippen LogP contribution in [0.15, 0.2) is 22.8 Å². The summed E-state index contributed by atoms with van der Waals surface area (Å²) in [6.07, 6.45) is 3.29. The van der Waals surface area contributed by atoms with Crippen LogP contribution in [-0.2, 0) is 13.0 Å². The lowest BCUT2D eigenvalue weighted by atomic mass is 9.89. The average Bonchev–Trinajstić information content (AvgIpc) is 3.09. The molecule has 0 spiro atoms. The lowest BCUT2D eigenvalue weighted by Gasteiger charge is -2.44. The molecule has 4 nitrogen and oxygen atoms in total. The van der Waals surface area contributed by atoms with Crippen LogP contribution in [-0.4, -0.2) is 21.2 Å². The highest BCUT2D eigenvalue weighted by Crippen LogP contribution is 2.44. The molecule has 24 heavy (non-hydrogen) atoms. The van der Waals surface area contributed by atoms with Gasteiger partial charge in [-0.25, -0.2) is 0 Å². The maximum atomic E-state index is 10.3. The SMILES string of the molecule is Cc1c(C)c2c(c(C)c1O)CCC(C)(N(C=S)Cc1ccco1)O2. The zero-order valence-electron chi connectivity index (χ0n) is 14.5. The summed E-state index contributed by atoms with van der Waals surface area (Å²) in [5.41, 5.74) is 4.97. The Morgan fingerprint density at radius 3 is 2.67 bits per heavy atom. The van der Waals surface area contributed by atoms with E-state index in [0.717, 1.165) is 46.6 Å². The minimum atomic E-state index is -0.540. The molecule has 128 valence electrons. The third-order valence-electron chi connectivity index (χ3n) is 5.14. The quantitative estimate of drug-likeness (QED) is 0.832. The second kappa shape index (κ2) is 6.13. The fourth-order valence-corrected chi connectivity index (χ4v) is 3.62. The van der Waals surface area contributed by atoms with E-state index in [1.807, 2.05) is 37.8 Å². The first kappa shape index (κ1) is 16.8. The van der Waals surface area contributed by atoms with Gasteiger partial charge in [0.15, 0.2) is 5.72 Å². The molecule has 5 heteroatoms. The third-order valence-corrected chi connectivity index (χ3v) is 5.40. The van der Waals surface area contributed by atoms with Gasteiger partial charge in [0.2, 0.25) is 0 Å². The maximum Gasteiger partial charge on any atom is 0.181 e. The number of phenolic OH excluding ortho intramolecular Hbond substituents is 1. The van der Waals surface area contributed by atoms with E-state index in [4.69, 9.17) is 21.4 Å². The van der Waals surface area contributed by atoms with E-state index < -0.39 is 5.72 Å². The number of ether oxygens (including phenoxy) is 1. The number of benzene rings is 1. The number of hydrogen-bond acceptors (Lipinski definition) is 4. The molecule has 0 fully saturated rings. The molecule has 2 aromatic rings. The number of furan rings is 1. The van der Waals surface area contributed by atoms with Crippen LogP contribution in [0.4, 0.5) is 0 Å². The predicted molar refractivity (Wildman–Crippen MR) is 97.6 cm³/mol.